The van der Waals surface area contributed by atoms with Crippen molar-refractivity contribution in [2.24, 2.45) is 5.92 Å². The Kier molecular flexibility index (Phi) is 3.28. The van der Waals surface area contributed by atoms with Crippen LogP contribution in [0.2, 0.25) is 5.15 Å². The van der Waals surface area contributed by atoms with Gasteiger partial charge in [0.2, 0.25) is 0 Å². The van der Waals surface area contributed by atoms with Crippen molar-refractivity contribution in [1.29, 1.82) is 0 Å². The molecule has 0 bridgehead atoms. The van der Waals surface area contributed by atoms with Gasteiger partial charge in [-0.2, -0.15) is 0 Å². The first kappa shape index (κ1) is 13.4. The Bertz CT molecular complexity index is 666. The predicted molar refractivity (Wildman–Crippen MR) is 93.2 cm³/mol. The molecule has 2 aliphatic rings. The Balaban J connectivity index is 1.89. The molecule has 2 aromatic rings. The second-order valence-electron chi connectivity index (χ2n) is 6.26. The van der Waals surface area contributed by atoms with E-state index in [1.807, 2.05) is 0 Å². The zero-order valence-corrected chi connectivity index (χ0v) is 14.4. The van der Waals surface area contributed by atoms with Crippen molar-refractivity contribution in [1.82, 2.24) is 9.88 Å². The van der Waals surface area contributed by atoms with Crippen LogP contribution in [0.3, 0.4) is 0 Å². The van der Waals surface area contributed by atoms with E-state index in [0.29, 0.717) is 12.0 Å². The number of likely N-dealkylation sites (N-methyl/N-ethyl adjacent to an activating group) is 1. The fraction of sp³-hybridized carbons (Fsp3) is 0.500. The summed E-state index contributed by atoms with van der Waals surface area (Å²) in [5.41, 5.74) is 4.05. The molecule has 1 aromatic carbocycles. The van der Waals surface area contributed by atoms with Crippen LogP contribution in [-0.2, 0) is 6.42 Å². The summed E-state index contributed by atoms with van der Waals surface area (Å²) in [5.74, 6) is 1.48. The van der Waals surface area contributed by atoms with Crippen LogP contribution in [-0.4, -0.2) is 33.9 Å². The van der Waals surface area contributed by atoms with E-state index >= 15 is 0 Å². The summed E-state index contributed by atoms with van der Waals surface area (Å²) in [6.07, 6.45) is 2.41. The molecule has 2 heterocycles. The van der Waals surface area contributed by atoms with E-state index < -0.39 is 0 Å². The molecule has 1 saturated heterocycles. The highest BCUT2D eigenvalue weighted by Gasteiger charge is 2.39. The third-order valence-electron chi connectivity index (χ3n) is 5.10. The lowest BCUT2D eigenvalue weighted by Gasteiger charge is -2.45. The monoisotopic (exact) mass is 400 g/mol. The largest absolute Gasteiger partial charge is 0.345 e. The summed E-state index contributed by atoms with van der Waals surface area (Å²) in [5, 5.41) is 2.25. The van der Waals surface area contributed by atoms with Gasteiger partial charge in [0, 0.05) is 33.8 Å². The molecule has 0 saturated carbocycles. The van der Waals surface area contributed by atoms with Crippen molar-refractivity contribution in [3.05, 3.63) is 34.5 Å². The molecule has 4 rings (SSSR count). The summed E-state index contributed by atoms with van der Waals surface area (Å²) >= 11 is 8.97. The van der Waals surface area contributed by atoms with Crippen LogP contribution in [0.5, 0.6) is 0 Å². The molecule has 20 heavy (non-hydrogen) atoms. The number of H-pyrrole nitrogens is 1. The average Bonchev–Trinajstić information content (AvgIpc) is 2.77. The van der Waals surface area contributed by atoms with Crippen LogP contribution in [0.15, 0.2) is 18.2 Å². The Morgan fingerprint density at radius 1 is 1.45 bits per heavy atom. The molecule has 0 radical (unpaired) electrons. The number of alkyl halides is 1. The zero-order chi connectivity index (χ0) is 13.9. The highest BCUT2D eigenvalue weighted by molar-refractivity contribution is 14.1. The van der Waals surface area contributed by atoms with E-state index in [1.54, 1.807) is 0 Å². The van der Waals surface area contributed by atoms with Gasteiger partial charge in [-0.15, -0.1) is 0 Å². The van der Waals surface area contributed by atoms with Gasteiger partial charge in [-0.25, -0.2) is 0 Å². The number of piperidine rings is 1. The molecule has 3 atom stereocenters. The van der Waals surface area contributed by atoms with Crippen molar-refractivity contribution in [3.8, 4) is 0 Å². The molecular formula is C16H18ClIN2. The van der Waals surface area contributed by atoms with E-state index in [2.05, 4.69) is 57.7 Å². The molecular weight excluding hydrogens is 383 g/mol. The number of aromatic amines is 1. The number of rotatable bonds is 1. The molecule has 1 aliphatic heterocycles. The Labute approximate surface area is 138 Å². The van der Waals surface area contributed by atoms with Gasteiger partial charge in [0.1, 0.15) is 5.15 Å². The topological polar surface area (TPSA) is 19.0 Å². The lowest BCUT2D eigenvalue weighted by molar-refractivity contribution is 0.122. The fourth-order valence-electron chi connectivity index (χ4n) is 4.21. The maximum atomic E-state index is 6.43. The molecule has 1 fully saturated rings. The van der Waals surface area contributed by atoms with Crippen LogP contribution in [0.1, 0.15) is 23.5 Å². The van der Waals surface area contributed by atoms with Crippen LogP contribution >= 0.6 is 34.2 Å². The SMILES string of the molecule is CN1CC(CI)CC2c3cccc4[nH]c(Cl)c(c34)C[C@H]21. The van der Waals surface area contributed by atoms with Gasteiger partial charge < -0.3 is 9.88 Å². The van der Waals surface area contributed by atoms with Crippen LogP contribution in [0.25, 0.3) is 10.9 Å². The van der Waals surface area contributed by atoms with Gasteiger partial charge in [0.15, 0.2) is 0 Å². The number of benzene rings is 1. The molecule has 2 unspecified atom stereocenters. The first-order chi connectivity index (χ1) is 9.69. The first-order valence-electron chi connectivity index (χ1n) is 7.24. The number of hydrogen-bond donors (Lipinski definition) is 1. The molecule has 1 aliphatic carbocycles. The van der Waals surface area contributed by atoms with Crippen LogP contribution in [0.4, 0.5) is 0 Å². The van der Waals surface area contributed by atoms with E-state index in [9.17, 15) is 0 Å². The highest BCUT2D eigenvalue weighted by Crippen LogP contribution is 2.46. The molecule has 4 heteroatoms. The Hall–Kier alpha value is -0.260. The van der Waals surface area contributed by atoms with Gasteiger partial charge in [0.25, 0.3) is 0 Å². The molecule has 2 nitrogen and oxygen atoms in total. The third kappa shape index (κ3) is 1.86. The van der Waals surface area contributed by atoms with Crippen molar-refractivity contribution in [2.75, 3.05) is 18.0 Å². The minimum atomic E-state index is 0.612. The summed E-state index contributed by atoms with van der Waals surface area (Å²) in [4.78, 5) is 5.91. The number of fused-ring (bicyclic) bond motifs is 2. The lowest BCUT2D eigenvalue weighted by Crippen LogP contribution is -2.48. The zero-order valence-electron chi connectivity index (χ0n) is 11.5. The number of aromatic nitrogens is 1. The van der Waals surface area contributed by atoms with E-state index in [0.717, 1.165) is 17.5 Å². The number of nitrogens with one attached hydrogen (secondary N) is 1. The smallest absolute Gasteiger partial charge is 0.110 e. The normalized spacial score (nSPS) is 29.6. The van der Waals surface area contributed by atoms with Gasteiger partial charge in [-0.1, -0.05) is 46.3 Å². The molecule has 0 amide bonds. The number of likely N-dealkylation sites (tertiary alicyclic amines) is 1. The van der Waals surface area contributed by atoms with Gasteiger partial charge in [-0.05, 0) is 43.0 Å². The summed E-state index contributed by atoms with van der Waals surface area (Å²) in [6.45, 7) is 1.22. The van der Waals surface area contributed by atoms with E-state index in [4.69, 9.17) is 11.6 Å². The average molecular weight is 401 g/mol. The quantitative estimate of drug-likeness (QED) is 0.561. The number of halogens is 2. The standard InChI is InChI=1S/C16H18ClIN2/c1-20-8-9(7-18)5-11-10-3-2-4-13-15(10)12(6-14(11)20)16(17)19-13/h2-4,9,11,14,19H,5-8H2,1H3/t9?,11?,14-/m1/s1. The Morgan fingerprint density at radius 2 is 2.30 bits per heavy atom. The molecule has 0 spiro atoms. The maximum absolute atomic E-state index is 6.43. The lowest BCUT2D eigenvalue weighted by atomic mass is 9.73. The van der Waals surface area contributed by atoms with E-state index in [-0.39, 0.29) is 0 Å². The third-order valence-corrected chi connectivity index (χ3v) is 6.67. The predicted octanol–water partition coefficient (Wildman–Crippen LogP) is 4.22. The second kappa shape index (κ2) is 4.89. The molecule has 1 N–H and O–H groups in total. The second-order valence-corrected chi connectivity index (χ2v) is 7.52. The van der Waals surface area contributed by atoms with Gasteiger partial charge >= 0.3 is 0 Å². The van der Waals surface area contributed by atoms with Crippen molar-refractivity contribution in [2.45, 2.75) is 24.8 Å². The number of hydrogen-bond acceptors (Lipinski definition) is 1. The van der Waals surface area contributed by atoms with Crippen LogP contribution in [0, 0.1) is 5.92 Å². The molecule has 1 aromatic heterocycles. The first-order valence-corrected chi connectivity index (χ1v) is 9.14. The molecule has 106 valence electrons. The minimum absolute atomic E-state index is 0.612. The van der Waals surface area contributed by atoms with E-state index in [1.165, 1.54) is 39.4 Å². The Morgan fingerprint density at radius 3 is 3.10 bits per heavy atom. The summed E-state index contributed by atoms with van der Waals surface area (Å²) in [7, 11) is 2.28. The van der Waals surface area contributed by atoms with Gasteiger partial charge in [-0.3, -0.25) is 0 Å². The van der Waals surface area contributed by atoms with Crippen molar-refractivity contribution < 1.29 is 0 Å². The number of nitrogens with zero attached hydrogens (tertiary/aromatic N) is 1. The van der Waals surface area contributed by atoms with Crippen molar-refractivity contribution in [3.63, 3.8) is 0 Å². The van der Waals surface area contributed by atoms with Crippen LogP contribution < -0.4 is 0 Å². The van der Waals surface area contributed by atoms with Crippen molar-refractivity contribution >= 4 is 45.1 Å². The fourth-order valence-corrected chi connectivity index (χ4v) is 5.12. The van der Waals surface area contributed by atoms with Gasteiger partial charge in [0.05, 0.1) is 0 Å². The highest BCUT2D eigenvalue weighted by atomic mass is 127. The summed E-state index contributed by atoms with van der Waals surface area (Å²) in [6, 6.07) is 7.25. The summed E-state index contributed by atoms with van der Waals surface area (Å²) < 4.78 is 1.25. The minimum Gasteiger partial charge on any atom is -0.345 e. The maximum Gasteiger partial charge on any atom is 0.110 e.